The molecule has 1 atom stereocenters. The van der Waals surface area contributed by atoms with Crippen molar-refractivity contribution < 1.29 is 18.7 Å². The van der Waals surface area contributed by atoms with Gasteiger partial charge >= 0.3 is 12.0 Å². The number of esters is 1. The van der Waals surface area contributed by atoms with Crippen molar-refractivity contribution in [2.75, 3.05) is 12.4 Å². The highest BCUT2D eigenvalue weighted by molar-refractivity contribution is 7.99. The van der Waals surface area contributed by atoms with Crippen molar-refractivity contribution in [3.63, 3.8) is 0 Å². The second-order valence-electron chi connectivity index (χ2n) is 6.22. The molecule has 1 aromatic carbocycles. The number of rotatable bonds is 6. The van der Waals surface area contributed by atoms with E-state index in [0.29, 0.717) is 22.8 Å². The molecule has 0 radical (unpaired) electrons. The van der Waals surface area contributed by atoms with Gasteiger partial charge in [0.25, 0.3) is 0 Å². The quantitative estimate of drug-likeness (QED) is 0.582. The molecule has 0 saturated carbocycles. The monoisotopic (exact) mass is 386 g/mol. The van der Waals surface area contributed by atoms with E-state index < -0.39 is 12.0 Å². The molecule has 1 aliphatic rings. The Bertz CT molecular complexity index is 874. The van der Waals surface area contributed by atoms with E-state index in [9.17, 15) is 9.59 Å². The summed E-state index contributed by atoms with van der Waals surface area (Å²) >= 11 is 1.56. The van der Waals surface area contributed by atoms with Crippen LogP contribution in [0.2, 0.25) is 0 Å². The van der Waals surface area contributed by atoms with Crippen LogP contribution in [0.1, 0.15) is 29.9 Å². The van der Waals surface area contributed by atoms with Crippen LogP contribution in [0.4, 0.5) is 4.79 Å². The fourth-order valence-electron chi connectivity index (χ4n) is 2.96. The maximum absolute atomic E-state index is 12.6. The minimum absolute atomic E-state index is 0.249. The lowest BCUT2D eigenvalue weighted by Crippen LogP contribution is -2.46. The first-order valence-corrected chi connectivity index (χ1v) is 9.69. The summed E-state index contributed by atoms with van der Waals surface area (Å²) < 4.78 is 10.7. The molecule has 2 amide bonds. The van der Waals surface area contributed by atoms with E-state index >= 15 is 0 Å². The lowest BCUT2D eigenvalue weighted by atomic mass is 10.0. The van der Waals surface area contributed by atoms with Crippen molar-refractivity contribution in [1.29, 1.82) is 0 Å². The summed E-state index contributed by atoms with van der Waals surface area (Å²) in [6.07, 6.45) is 1.51. The Morgan fingerprint density at radius 2 is 2.11 bits per heavy atom. The SMILES string of the molecule is CCOC(=O)C1=C(CSc2ccc(C)cc2C)NC(=O)NC1c1ccco1. The smallest absolute Gasteiger partial charge is 0.338 e. The van der Waals surface area contributed by atoms with Gasteiger partial charge in [-0.25, -0.2) is 9.59 Å². The van der Waals surface area contributed by atoms with Crippen molar-refractivity contribution in [3.8, 4) is 0 Å². The molecule has 0 fully saturated rings. The number of benzene rings is 1. The van der Waals surface area contributed by atoms with Gasteiger partial charge in [-0.1, -0.05) is 17.7 Å². The fraction of sp³-hybridized carbons (Fsp3) is 0.300. The largest absolute Gasteiger partial charge is 0.467 e. The molecule has 2 aromatic rings. The average Bonchev–Trinajstić information content (AvgIpc) is 3.15. The summed E-state index contributed by atoms with van der Waals surface area (Å²) in [7, 11) is 0. The molecule has 0 saturated heterocycles. The number of aryl methyl sites for hydroxylation is 2. The highest BCUT2D eigenvalue weighted by Crippen LogP contribution is 2.32. The number of furan rings is 1. The van der Waals surface area contributed by atoms with E-state index in [2.05, 4.69) is 16.7 Å². The van der Waals surface area contributed by atoms with Crippen molar-refractivity contribution in [2.24, 2.45) is 0 Å². The van der Waals surface area contributed by atoms with E-state index in [-0.39, 0.29) is 12.6 Å². The third kappa shape index (κ3) is 4.36. The topological polar surface area (TPSA) is 80.6 Å². The number of hydrogen-bond donors (Lipinski definition) is 2. The first kappa shape index (κ1) is 19.1. The lowest BCUT2D eigenvalue weighted by molar-refractivity contribution is -0.139. The Morgan fingerprint density at radius 3 is 2.78 bits per heavy atom. The number of amides is 2. The molecular weight excluding hydrogens is 364 g/mol. The molecular formula is C20H22N2O4S. The standard InChI is InChI=1S/C20H22N2O4S/c1-4-25-19(23)17-14(11-27-16-8-7-12(2)10-13(16)3)21-20(24)22-18(17)15-6-5-9-26-15/h5-10,18H,4,11H2,1-3H3,(H2,21,22,24). The van der Waals surface area contributed by atoms with Gasteiger partial charge in [0.15, 0.2) is 0 Å². The fourth-order valence-corrected chi connectivity index (χ4v) is 3.94. The normalized spacial score (nSPS) is 16.7. The van der Waals surface area contributed by atoms with Crippen molar-refractivity contribution in [2.45, 2.75) is 31.7 Å². The Labute approximate surface area is 162 Å². The summed E-state index contributed by atoms with van der Waals surface area (Å²) in [5, 5.41) is 5.51. The van der Waals surface area contributed by atoms with E-state index in [4.69, 9.17) is 9.15 Å². The van der Waals surface area contributed by atoms with Gasteiger partial charge < -0.3 is 19.8 Å². The molecule has 1 aliphatic heterocycles. The lowest BCUT2D eigenvalue weighted by Gasteiger charge is -2.27. The first-order valence-electron chi connectivity index (χ1n) is 8.70. The van der Waals surface area contributed by atoms with Crippen molar-refractivity contribution in [3.05, 3.63) is 64.8 Å². The van der Waals surface area contributed by atoms with Crippen LogP contribution in [0.3, 0.4) is 0 Å². The molecule has 142 valence electrons. The molecule has 0 bridgehead atoms. The zero-order valence-corrected chi connectivity index (χ0v) is 16.3. The number of carbonyl (C=O) groups is 2. The molecule has 0 aliphatic carbocycles. The van der Waals surface area contributed by atoms with Gasteiger partial charge in [-0.15, -0.1) is 11.8 Å². The van der Waals surface area contributed by atoms with Gasteiger partial charge in [-0.3, -0.25) is 0 Å². The van der Waals surface area contributed by atoms with Crippen LogP contribution in [0, 0.1) is 13.8 Å². The molecule has 27 heavy (non-hydrogen) atoms. The zero-order valence-electron chi connectivity index (χ0n) is 15.5. The van der Waals surface area contributed by atoms with Crippen LogP contribution < -0.4 is 10.6 Å². The second-order valence-corrected chi connectivity index (χ2v) is 7.23. The molecule has 6 nitrogen and oxygen atoms in total. The predicted octanol–water partition coefficient (Wildman–Crippen LogP) is 3.86. The number of ether oxygens (including phenoxy) is 1. The highest BCUT2D eigenvalue weighted by atomic mass is 32.2. The van der Waals surface area contributed by atoms with Crippen LogP contribution in [0.15, 0.2) is 57.2 Å². The van der Waals surface area contributed by atoms with Gasteiger partial charge in [0.2, 0.25) is 0 Å². The number of carbonyl (C=O) groups excluding carboxylic acids is 2. The first-order chi connectivity index (χ1) is 13.0. The Morgan fingerprint density at radius 1 is 1.30 bits per heavy atom. The Hall–Kier alpha value is -2.67. The third-order valence-electron chi connectivity index (χ3n) is 4.18. The summed E-state index contributed by atoms with van der Waals surface area (Å²) in [6, 6.07) is 8.59. The zero-order chi connectivity index (χ0) is 19.4. The summed E-state index contributed by atoms with van der Waals surface area (Å²) in [6.45, 7) is 6.09. The van der Waals surface area contributed by atoms with Gasteiger partial charge in [-0.05, 0) is 44.5 Å². The summed E-state index contributed by atoms with van der Waals surface area (Å²) in [5.41, 5.74) is 3.24. The van der Waals surface area contributed by atoms with Gasteiger partial charge in [0, 0.05) is 16.3 Å². The van der Waals surface area contributed by atoms with Gasteiger partial charge in [0.05, 0.1) is 18.4 Å². The highest BCUT2D eigenvalue weighted by Gasteiger charge is 2.35. The summed E-state index contributed by atoms with van der Waals surface area (Å²) in [4.78, 5) is 25.9. The van der Waals surface area contributed by atoms with Crippen molar-refractivity contribution in [1.82, 2.24) is 10.6 Å². The van der Waals surface area contributed by atoms with Gasteiger partial charge in [0.1, 0.15) is 11.8 Å². The molecule has 3 rings (SSSR count). The van der Waals surface area contributed by atoms with Crippen molar-refractivity contribution >= 4 is 23.8 Å². The van der Waals surface area contributed by atoms with Crippen LogP contribution >= 0.6 is 11.8 Å². The Balaban J connectivity index is 1.94. The van der Waals surface area contributed by atoms with E-state index in [1.165, 1.54) is 11.8 Å². The van der Waals surface area contributed by atoms with Crippen LogP contribution in [-0.4, -0.2) is 24.4 Å². The number of nitrogens with one attached hydrogen (secondary N) is 2. The number of urea groups is 1. The van der Waals surface area contributed by atoms with Gasteiger partial charge in [-0.2, -0.15) is 0 Å². The second kappa shape index (κ2) is 8.35. The molecule has 1 aromatic heterocycles. The molecule has 2 N–H and O–H groups in total. The Kier molecular flexibility index (Phi) is 5.91. The maximum atomic E-state index is 12.6. The molecule has 0 spiro atoms. The van der Waals surface area contributed by atoms with Crippen LogP contribution in [-0.2, 0) is 9.53 Å². The van der Waals surface area contributed by atoms with Crippen LogP contribution in [0.25, 0.3) is 0 Å². The number of thioether (sulfide) groups is 1. The van der Waals surface area contributed by atoms with E-state index in [0.717, 1.165) is 10.5 Å². The van der Waals surface area contributed by atoms with E-state index in [1.54, 1.807) is 30.8 Å². The minimum atomic E-state index is -0.678. The minimum Gasteiger partial charge on any atom is -0.467 e. The molecule has 1 unspecified atom stereocenters. The third-order valence-corrected chi connectivity index (χ3v) is 5.38. The van der Waals surface area contributed by atoms with Crippen LogP contribution in [0.5, 0.6) is 0 Å². The maximum Gasteiger partial charge on any atom is 0.338 e. The summed E-state index contributed by atoms with van der Waals surface area (Å²) in [5.74, 6) is 0.451. The number of hydrogen-bond acceptors (Lipinski definition) is 5. The molecule has 2 heterocycles. The van der Waals surface area contributed by atoms with E-state index in [1.807, 2.05) is 26.0 Å². The molecule has 7 heteroatoms. The predicted molar refractivity (Wildman–Crippen MR) is 103 cm³/mol. The average molecular weight is 386 g/mol.